The van der Waals surface area contributed by atoms with Crippen molar-refractivity contribution in [2.45, 2.75) is 57.5 Å². The number of aromatic nitrogens is 2. The Morgan fingerprint density at radius 2 is 1.89 bits per heavy atom. The Morgan fingerprint density at radius 1 is 1.11 bits per heavy atom. The van der Waals surface area contributed by atoms with E-state index in [1.54, 1.807) is 44.3 Å². The SMILES string of the molecule is CC(C)(O)C#Cc1ccc(NC(=O)C[C@H]2CC3CC(c4ccnc5ccc(F)cc45)C[C@@H]3C2)nc1. The number of rotatable bonds is 4. The van der Waals surface area contributed by atoms with E-state index in [-0.39, 0.29) is 11.7 Å². The van der Waals surface area contributed by atoms with Gasteiger partial charge in [-0.25, -0.2) is 9.37 Å². The van der Waals surface area contributed by atoms with E-state index in [1.807, 2.05) is 12.3 Å². The molecule has 0 aliphatic heterocycles. The summed E-state index contributed by atoms with van der Waals surface area (Å²) in [4.78, 5) is 21.3. The van der Waals surface area contributed by atoms with Crippen LogP contribution >= 0.6 is 0 Å². The molecule has 6 heteroatoms. The molecule has 2 aliphatic rings. The van der Waals surface area contributed by atoms with Gasteiger partial charge in [0.05, 0.1) is 5.52 Å². The molecule has 2 fully saturated rings. The minimum absolute atomic E-state index is 0.00930. The normalized spacial score (nSPS) is 23.5. The van der Waals surface area contributed by atoms with Gasteiger partial charge in [0.2, 0.25) is 5.91 Å². The third kappa shape index (κ3) is 5.52. The standard InChI is InChI=1S/C29H30FN3O2/c1-29(2,35)9-7-18-3-6-27(32-17-18)33-28(34)13-19-11-20-14-22(15-21(20)12-19)24-8-10-31-26-5-4-23(30)16-25(24)26/h3-6,8,10,16-17,19-22,35H,11-15H2,1-2H3,(H,32,33,34)/t19-,20+,21?,22?/m1/s1. The summed E-state index contributed by atoms with van der Waals surface area (Å²) in [5.74, 6) is 7.94. The van der Waals surface area contributed by atoms with Crippen molar-refractivity contribution in [2.75, 3.05) is 5.32 Å². The van der Waals surface area contributed by atoms with Gasteiger partial charge in [0.25, 0.3) is 0 Å². The van der Waals surface area contributed by atoms with Crippen LogP contribution in [0.2, 0.25) is 0 Å². The molecule has 0 bridgehead atoms. The van der Waals surface area contributed by atoms with E-state index in [0.717, 1.165) is 36.6 Å². The molecule has 4 atom stereocenters. The molecule has 2 aromatic heterocycles. The largest absolute Gasteiger partial charge is 0.378 e. The number of amides is 1. The van der Waals surface area contributed by atoms with E-state index in [4.69, 9.17) is 0 Å². The van der Waals surface area contributed by atoms with Crippen molar-refractivity contribution in [3.63, 3.8) is 0 Å². The number of benzene rings is 1. The highest BCUT2D eigenvalue weighted by Gasteiger charge is 2.42. The zero-order valence-corrected chi connectivity index (χ0v) is 20.1. The molecule has 0 spiro atoms. The van der Waals surface area contributed by atoms with Crippen molar-refractivity contribution >= 4 is 22.6 Å². The minimum atomic E-state index is -1.06. The fraction of sp³-hybridized carbons (Fsp3) is 0.414. The van der Waals surface area contributed by atoms with Gasteiger partial charge in [-0.3, -0.25) is 9.78 Å². The van der Waals surface area contributed by atoms with Gasteiger partial charge in [0, 0.05) is 29.8 Å². The molecule has 3 aromatic rings. The summed E-state index contributed by atoms with van der Waals surface area (Å²) in [6.07, 6.45) is 8.24. The molecule has 35 heavy (non-hydrogen) atoms. The molecule has 5 rings (SSSR count). The molecule has 2 N–H and O–H groups in total. The summed E-state index contributed by atoms with van der Waals surface area (Å²) in [7, 11) is 0. The average Bonchev–Trinajstić information content (AvgIpc) is 3.36. The highest BCUT2D eigenvalue weighted by molar-refractivity contribution is 5.90. The highest BCUT2D eigenvalue weighted by atomic mass is 19.1. The van der Waals surface area contributed by atoms with E-state index >= 15 is 0 Å². The summed E-state index contributed by atoms with van der Waals surface area (Å²) >= 11 is 0. The van der Waals surface area contributed by atoms with Gasteiger partial charge < -0.3 is 10.4 Å². The minimum Gasteiger partial charge on any atom is -0.378 e. The molecule has 2 heterocycles. The van der Waals surface area contributed by atoms with Gasteiger partial charge in [0.1, 0.15) is 17.2 Å². The molecular weight excluding hydrogens is 441 g/mol. The summed E-state index contributed by atoms with van der Waals surface area (Å²) in [5.41, 5.74) is 1.69. The lowest BCUT2D eigenvalue weighted by atomic mass is 9.89. The predicted molar refractivity (Wildman–Crippen MR) is 134 cm³/mol. The quantitative estimate of drug-likeness (QED) is 0.497. The average molecular weight is 472 g/mol. The maximum Gasteiger partial charge on any atom is 0.225 e. The molecule has 2 saturated carbocycles. The Kier molecular flexibility index (Phi) is 6.29. The van der Waals surface area contributed by atoms with Crippen molar-refractivity contribution in [3.05, 3.63) is 65.7 Å². The predicted octanol–water partition coefficient (Wildman–Crippen LogP) is 5.44. The molecule has 1 aromatic carbocycles. The first-order valence-corrected chi connectivity index (χ1v) is 12.3. The van der Waals surface area contributed by atoms with Crippen LogP contribution in [0.25, 0.3) is 10.9 Å². The Bertz CT molecular complexity index is 1290. The number of anilines is 1. The zero-order valence-electron chi connectivity index (χ0n) is 20.1. The molecule has 180 valence electrons. The number of fused-ring (bicyclic) bond motifs is 2. The molecule has 1 amide bonds. The molecule has 2 unspecified atom stereocenters. The highest BCUT2D eigenvalue weighted by Crippen LogP contribution is 2.53. The number of pyridine rings is 2. The van der Waals surface area contributed by atoms with Gasteiger partial charge in [0.15, 0.2) is 0 Å². The van der Waals surface area contributed by atoms with Crippen LogP contribution in [0.4, 0.5) is 10.2 Å². The molecule has 2 aliphatic carbocycles. The molecule has 5 nitrogen and oxygen atoms in total. The second-order valence-corrected chi connectivity index (χ2v) is 10.6. The maximum atomic E-state index is 13.9. The number of aliphatic hydroxyl groups is 1. The summed E-state index contributed by atoms with van der Waals surface area (Å²) < 4.78 is 13.9. The third-order valence-corrected chi connectivity index (χ3v) is 7.31. The van der Waals surface area contributed by atoms with E-state index in [0.29, 0.717) is 41.5 Å². The van der Waals surface area contributed by atoms with Crippen LogP contribution in [0.15, 0.2) is 48.8 Å². The lowest BCUT2D eigenvalue weighted by Crippen LogP contribution is -2.16. The fourth-order valence-corrected chi connectivity index (χ4v) is 5.88. The monoisotopic (exact) mass is 471 g/mol. The topological polar surface area (TPSA) is 75.1 Å². The fourth-order valence-electron chi connectivity index (χ4n) is 5.88. The van der Waals surface area contributed by atoms with Crippen LogP contribution in [0.1, 0.15) is 63.0 Å². The number of carbonyl (C=O) groups excluding carboxylic acids is 1. The van der Waals surface area contributed by atoms with E-state index in [9.17, 15) is 14.3 Å². The Labute approximate surface area is 205 Å². The molecular formula is C29H30FN3O2. The number of nitrogens with one attached hydrogen (secondary N) is 1. The van der Waals surface area contributed by atoms with Crippen molar-refractivity contribution in [3.8, 4) is 11.8 Å². The van der Waals surface area contributed by atoms with Gasteiger partial charge in [-0.2, -0.15) is 0 Å². The first kappa shape index (κ1) is 23.4. The second-order valence-electron chi connectivity index (χ2n) is 10.6. The Morgan fingerprint density at radius 3 is 2.57 bits per heavy atom. The number of nitrogens with zero attached hydrogens (tertiary/aromatic N) is 2. The van der Waals surface area contributed by atoms with Gasteiger partial charge in [-0.15, -0.1) is 0 Å². The van der Waals surface area contributed by atoms with Gasteiger partial charge in [-0.05, 0) is 105 Å². The second kappa shape index (κ2) is 9.39. The first-order valence-electron chi connectivity index (χ1n) is 12.3. The number of hydrogen-bond donors (Lipinski definition) is 2. The van der Waals surface area contributed by atoms with E-state index in [2.05, 4.69) is 27.1 Å². The van der Waals surface area contributed by atoms with Crippen LogP contribution in [0.5, 0.6) is 0 Å². The van der Waals surface area contributed by atoms with Crippen molar-refractivity contribution in [1.29, 1.82) is 0 Å². The first-order chi connectivity index (χ1) is 16.7. The lowest BCUT2D eigenvalue weighted by molar-refractivity contribution is -0.117. The van der Waals surface area contributed by atoms with Gasteiger partial charge >= 0.3 is 0 Å². The van der Waals surface area contributed by atoms with Crippen molar-refractivity contribution in [1.82, 2.24) is 9.97 Å². The van der Waals surface area contributed by atoms with Crippen LogP contribution in [0.3, 0.4) is 0 Å². The Hall–Kier alpha value is -3.30. The van der Waals surface area contributed by atoms with Crippen molar-refractivity contribution in [2.24, 2.45) is 17.8 Å². The summed E-state index contributed by atoms with van der Waals surface area (Å²) in [6, 6.07) is 10.4. The van der Waals surface area contributed by atoms with Gasteiger partial charge in [-0.1, -0.05) is 11.8 Å². The van der Waals surface area contributed by atoms with Crippen LogP contribution in [0, 0.1) is 35.4 Å². The Balaban J connectivity index is 1.15. The van der Waals surface area contributed by atoms with Crippen LogP contribution in [-0.2, 0) is 4.79 Å². The molecule has 0 saturated heterocycles. The number of halogens is 1. The van der Waals surface area contributed by atoms with Crippen molar-refractivity contribution < 1.29 is 14.3 Å². The van der Waals surface area contributed by atoms with E-state index in [1.165, 1.54) is 11.6 Å². The lowest BCUT2D eigenvalue weighted by Gasteiger charge is -2.17. The molecule has 0 radical (unpaired) electrons. The smallest absolute Gasteiger partial charge is 0.225 e. The third-order valence-electron chi connectivity index (χ3n) is 7.31. The summed E-state index contributed by atoms with van der Waals surface area (Å²) in [5, 5.41) is 13.5. The van der Waals surface area contributed by atoms with E-state index < -0.39 is 5.60 Å². The van der Waals surface area contributed by atoms with Crippen LogP contribution < -0.4 is 5.32 Å². The number of carbonyl (C=O) groups is 1. The summed E-state index contributed by atoms with van der Waals surface area (Å²) in [6.45, 7) is 3.25. The zero-order chi connectivity index (χ0) is 24.6. The number of hydrogen-bond acceptors (Lipinski definition) is 4. The maximum absolute atomic E-state index is 13.9. The van der Waals surface area contributed by atoms with Crippen LogP contribution in [-0.4, -0.2) is 26.6 Å².